The molecule has 0 aromatic carbocycles. The Kier molecular flexibility index (Phi) is 1.66. The van der Waals surface area contributed by atoms with Crippen LogP contribution in [-0.4, -0.2) is 8.38 Å². The van der Waals surface area contributed by atoms with Gasteiger partial charge in [0, 0.05) is 0 Å². The van der Waals surface area contributed by atoms with Crippen LogP contribution >= 0.6 is 10.2 Å². The molecule has 0 spiro atoms. The van der Waals surface area contributed by atoms with E-state index >= 15 is 0 Å². The molecule has 0 heterocycles. The van der Waals surface area contributed by atoms with Crippen LogP contribution in [0.15, 0.2) is 0 Å². The summed E-state index contributed by atoms with van der Waals surface area (Å²) in [5.74, 6) is 0. The maximum atomic E-state index is 9.73. The molecule has 0 aromatic heterocycles. The monoisotopic (exact) mass is 179 g/mol. The molecule has 2 N–H and O–H groups in total. The molecule has 0 radical (unpaired) electrons. The van der Waals surface area contributed by atoms with E-state index in [2.05, 4.69) is 0 Å². The van der Waals surface area contributed by atoms with Gasteiger partial charge >= 0.3 is 48.1 Å². The van der Waals surface area contributed by atoms with Crippen molar-refractivity contribution in [3.8, 4) is 5.40 Å². The van der Waals surface area contributed by atoms with Gasteiger partial charge in [0.2, 0.25) is 0 Å². The van der Waals surface area contributed by atoms with E-state index in [9.17, 15) is 7.67 Å². The minimum absolute atomic E-state index is 0.550. The Morgan fingerprint density at radius 1 is 1.50 bits per heavy atom. The van der Waals surface area contributed by atoms with Gasteiger partial charge in [-0.05, 0) is 0 Å². The molecule has 0 aliphatic carbocycles. The molecule has 48 valence electrons. The van der Waals surface area contributed by atoms with E-state index < -0.39 is 21.4 Å². The zero-order valence-corrected chi connectivity index (χ0v) is 5.44. The molecule has 0 saturated heterocycles. The number of rotatable bonds is 1. The van der Waals surface area contributed by atoms with Crippen LogP contribution in [0, 0.1) is 10.7 Å². The summed E-state index contributed by atoms with van der Waals surface area (Å²) in [6.07, 6.45) is 0. The van der Waals surface area contributed by atoms with E-state index in [1.54, 1.807) is 0 Å². The summed E-state index contributed by atoms with van der Waals surface area (Å²) in [7, 11) is -0.550. The van der Waals surface area contributed by atoms with Crippen LogP contribution in [0.5, 0.6) is 0 Å². The van der Waals surface area contributed by atoms with E-state index in [0.717, 1.165) is 5.40 Å². The van der Waals surface area contributed by atoms with E-state index in [0.29, 0.717) is 0 Å². The van der Waals surface area contributed by atoms with Crippen molar-refractivity contribution in [3.05, 3.63) is 0 Å². The predicted molar refractivity (Wildman–Crippen MR) is 19.0 cm³/mol. The number of nitriles is 1. The van der Waals surface area contributed by atoms with E-state index in [1.165, 1.54) is 0 Å². The fourth-order valence-corrected chi connectivity index (χ4v) is 0.730. The van der Waals surface area contributed by atoms with Gasteiger partial charge in [0.05, 0.1) is 0 Å². The van der Waals surface area contributed by atoms with Crippen molar-refractivity contribution in [2.75, 3.05) is 0 Å². The van der Waals surface area contributed by atoms with Gasteiger partial charge in [-0.25, -0.2) is 0 Å². The van der Waals surface area contributed by atoms with Crippen molar-refractivity contribution in [2.24, 2.45) is 0 Å². The van der Waals surface area contributed by atoms with Gasteiger partial charge in [0.1, 0.15) is 0 Å². The van der Waals surface area contributed by atoms with Gasteiger partial charge < -0.3 is 0 Å². The molecule has 0 rings (SSSR count). The normalized spacial score (nSPS) is 15.9. The molecule has 7 heteroatoms. The summed E-state index contributed by atoms with van der Waals surface area (Å²) in [5.41, 5.74) is 0. The second-order valence-corrected chi connectivity index (χ2v) is 6.20. The quantitative estimate of drug-likeness (QED) is 0.408. The molecular formula is CH2MnNO4S. The molecule has 8 heavy (non-hydrogen) atoms. The van der Waals surface area contributed by atoms with Crippen molar-refractivity contribution in [1.82, 2.24) is 0 Å². The topological polar surface area (TPSA) is 98.4 Å². The summed E-state index contributed by atoms with van der Waals surface area (Å²) < 4.78 is 35.1. The minimum atomic E-state index is -6.28. The Morgan fingerprint density at radius 3 is 1.88 bits per heavy atom. The Hall–Kier alpha value is -0.121. The summed E-state index contributed by atoms with van der Waals surface area (Å²) in [6, 6.07) is 0. The Bertz CT molecular complexity index is 232. The Labute approximate surface area is 48.6 Å². The molecule has 0 saturated carbocycles. The van der Waals surface area contributed by atoms with Crippen LogP contribution in [0.1, 0.15) is 0 Å². The zero-order chi connectivity index (χ0) is 6.86. The van der Waals surface area contributed by atoms with Crippen molar-refractivity contribution in [3.63, 3.8) is 0 Å². The first kappa shape index (κ1) is 7.88. The SMILES string of the molecule is N#C[S][Mn](=[O])(=[O])([OH])[OH]. The molecule has 0 fully saturated rings. The first-order valence-corrected chi connectivity index (χ1v) is 5.41. The third kappa shape index (κ3) is 5.88. The molecular weight excluding hydrogens is 177 g/mol. The number of hydrogen-bond donors (Lipinski definition) is 2. The van der Waals surface area contributed by atoms with Gasteiger partial charge in [-0.2, -0.15) is 0 Å². The number of thiocyanates is 1. The molecule has 0 aliphatic heterocycles. The van der Waals surface area contributed by atoms with Crippen LogP contribution in [0.2, 0.25) is 0 Å². The van der Waals surface area contributed by atoms with Gasteiger partial charge in [0.25, 0.3) is 0 Å². The van der Waals surface area contributed by atoms with Crippen molar-refractivity contribution in [2.45, 2.75) is 0 Å². The third-order valence-corrected chi connectivity index (χ3v) is 2.06. The predicted octanol–water partition coefficient (Wildman–Crippen LogP) is -0.689. The standard InChI is InChI=1S/CHNS.Mn.2H2O.2O/c2-1-3;;;;;/h3H;;2*1H2;;/q;+3;;;;/p-3. The first-order valence-electron chi connectivity index (χ1n) is 1.23. The van der Waals surface area contributed by atoms with Crippen LogP contribution < -0.4 is 0 Å². The van der Waals surface area contributed by atoms with E-state index in [1.807, 2.05) is 0 Å². The Morgan fingerprint density at radius 2 is 1.88 bits per heavy atom. The first-order chi connectivity index (χ1) is 3.31. The zero-order valence-electron chi connectivity index (χ0n) is 3.44. The Balaban J connectivity index is 4.51. The molecule has 0 amide bonds. The van der Waals surface area contributed by atoms with Crippen LogP contribution in [0.4, 0.5) is 0 Å². The number of hydrogen-bond acceptors (Lipinski definition) is 4. The molecule has 0 bridgehead atoms. The van der Waals surface area contributed by atoms with Crippen molar-refractivity contribution in [1.29, 1.82) is 5.26 Å². The van der Waals surface area contributed by atoms with Crippen molar-refractivity contribution < 1.29 is 27.2 Å². The summed E-state index contributed by atoms with van der Waals surface area (Å²) in [5, 5.41) is 8.61. The fraction of sp³-hybridized carbons (Fsp3) is 0. The maximum absolute atomic E-state index is 9.73. The van der Waals surface area contributed by atoms with E-state index in [4.69, 9.17) is 13.6 Å². The van der Waals surface area contributed by atoms with Gasteiger partial charge in [-0.15, -0.1) is 0 Å². The van der Waals surface area contributed by atoms with Gasteiger partial charge in [-0.3, -0.25) is 0 Å². The average molecular weight is 179 g/mol. The summed E-state index contributed by atoms with van der Waals surface area (Å²) in [4.78, 5) is 0. The van der Waals surface area contributed by atoms with E-state index in [-0.39, 0.29) is 0 Å². The van der Waals surface area contributed by atoms with Crippen LogP contribution in [0.3, 0.4) is 0 Å². The molecule has 0 atom stereocenters. The van der Waals surface area contributed by atoms with Crippen LogP contribution in [-0.2, 0) is 18.9 Å². The second-order valence-electron chi connectivity index (χ2n) is 0.847. The molecule has 0 unspecified atom stereocenters. The number of nitrogens with zero attached hydrogens (tertiary/aromatic N) is 1. The van der Waals surface area contributed by atoms with Gasteiger partial charge in [0.15, 0.2) is 0 Å². The third-order valence-electron chi connectivity index (χ3n) is 0.167. The summed E-state index contributed by atoms with van der Waals surface area (Å²) in [6.45, 7) is 0. The molecule has 5 nitrogen and oxygen atoms in total. The molecule has 0 aliphatic rings. The van der Waals surface area contributed by atoms with Crippen LogP contribution in [0.25, 0.3) is 0 Å². The van der Waals surface area contributed by atoms with Gasteiger partial charge in [-0.1, -0.05) is 0 Å². The fourth-order valence-electron chi connectivity index (χ4n) is 0.0590. The second kappa shape index (κ2) is 1.69. The molecule has 0 aromatic rings. The van der Waals surface area contributed by atoms with Crippen molar-refractivity contribution >= 4 is 10.2 Å². The average Bonchev–Trinajstić information content (AvgIpc) is 1.25. The summed E-state index contributed by atoms with van der Waals surface area (Å²) >= 11 is -6.28.